The van der Waals surface area contributed by atoms with Crippen LogP contribution in [-0.2, 0) is 12.1 Å². The number of phenolic OH excluding ortho intramolecular Hbond substituents is 1. The summed E-state index contributed by atoms with van der Waals surface area (Å²) >= 11 is 5.87. The van der Waals surface area contributed by atoms with Crippen molar-refractivity contribution in [3.63, 3.8) is 0 Å². The fourth-order valence-corrected chi connectivity index (χ4v) is 2.96. The molecule has 0 fully saturated rings. The van der Waals surface area contributed by atoms with Gasteiger partial charge in [0.2, 0.25) is 0 Å². The van der Waals surface area contributed by atoms with E-state index in [1.165, 1.54) is 24.3 Å². The van der Waals surface area contributed by atoms with Crippen LogP contribution < -0.4 is 5.32 Å². The number of rotatable bonds is 6. The van der Waals surface area contributed by atoms with Crippen molar-refractivity contribution < 1.29 is 23.4 Å². The van der Waals surface area contributed by atoms with E-state index in [4.69, 9.17) is 11.6 Å². The van der Waals surface area contributed by atoms with Crippen LogP contribution in [0.2, 0.25) is 5.02 Å². The zero-order chi connectivity index (χ0) is 19.5. The average Bonchev–Trinajstić information content (AvgIpc) is 2.53. The lowest BCUT2D eigenvalue weighted by molar-refractivity contribution is -0.264. The lowest BCUT2D eigenvalue weighted by atomic mass is 9.92. The number of hydrogen-bond acceptors (Lipinski definition) is 3. The molecule has 142 valence electrons. The van der Waals surface area contributed by atoms with Gasteiger partial charge in [-0.1, -0.05) is 49.7 Å². The summed E-state index contributed by atoms with van der Waals surface area (Å²) in [6.45, 7) is 3.18. The summed E-state index contributed by atoms with van der Waals surface area (Å²) in [5, 5.41) is 22.6. The molecule has 0 aromatic heterocycles. The Balaban J connectivity index is 2.21. The average molecular weight is 388 g/mol. The molecule has 0 aliphatic rings. The van der Waals surface area contributed by atoms with E-state index in [1.807, 2.05) is 13.8 Å². The number of hydrogen-bond donors (Lipinski definition) is 3. The van der Waals surface area contributed by atoms with E-state index in [1.54, 1.807) is 12.1 Å². The summed E-state index contributed by atoms with van der Waals surface area (Å²) in [6, 6.07) is 10.2. The quantitative estimate of drug-likeness (QED) is 0.673. The van der Waals surface area contributed by atoms with Crippen LogP contribution >= 0.6 is 11.6 Å². The topological polar surface area (TPSA) is 52.5 Å². The van der Waals surface area contributed by atoms with Gasteiger partial charge in [-0.05, 0) is 35.2 Å². The van der Waals surface area contributed by atoms with Crippen LogP contribution in [0.3, 0.4) is 0 Å². The molecule has 3 nitrogen and oxygen atoms in total. The lowest BCUT2D eigenvalue weighted by Crippen LogP contribution is -2.49. The van der Waals surface area contributed by atoms with Gasteiger partial charge in [-0.15, -0.1) is 0 Å². The maximum absolute atomic E-state index is 13.5. The predicted octanol–water partition coefficient (Wildman–Crippen LogP) is 4.71. The van der Waals surface area contributed by atoms with Crippen molar-refractivity contribution in [2.45, 2.75) is 38.1 Å². The van der Waals surface area contributed by atoms with Crippen molar-refractivity contribution in [2.75, 3.05) is 6.54 Å². The number of phenols is 1. The number of nitrogens with one attached hydrogen (secondary N) is 1. The molecule has 0 saturated carbocycles. The number of benzene rings is 2. The maximum Gasteiger partial charge on any atom is 0.422 e. The smallest absolute Gasteiger partial charge is 0.422 e. The Morgan fingerprint density at radius 3 is 2.35 bits per heavy atom. The second-order valence-electron chi connectivity index (χ2n) is 6.53. The normalized spacial score (nSPS) is 14.5. The van der Waals surface area contributed by atoms with E-state index >= 15 is 0 Å². The molecule has 7 heteroatoms. The minimum atomic E-state index is -4.91. The summed E-state index contributed by atoms with van der Waals surface area (Å²) in [7, 11) is 0. The minimum absolute atomic E-state index is 0.0465. The molecule has 2 aromatic carbocycles. The van der Waals surface area contributed by atoms with Crippen LogP contribution in [0.15, 0.2) is 42.5 Å². The van der Waals surface area contributed by atoms with E-state index in [9.17, 15) is 23.4 Å². The molecule has 1 atom stereocenters. The van der Waals surface area contributed by atoms with E-state index < -0.39 is 23.9 Å². The zero-order valence-electron chi connectivity index (χ0n) is 14.4. The fraction of sp³-hybridized carbons (Fsp3) is 0.368. The Hall–Kier alpha value is -1.76. The standard InChI is InChI=1S/C19H21ClF3NO2/c1-12(2)14-7-13(8-15(25)9-14)10-24-11-18(26,19(21,22)23)16-5-3-4-6-17(16)20/h3-9,12,24-26H,10-11H2,1-2H3. The molecule has 0 spiro atoms. The molecule has 1 unspecified atom stereocenters. The largest absolute Gasteiger partial charge is 0.508 e. The van der Waals surface area contributed by atoms with E-state index in [0.717, 1.165) is 11.6 Å². The highest BCUT2D eigenvalue weighted by Gasteiger charge is 2.55. The Morgan fingerprint density at radius 2 is 1.77 bits per heavy atom. The van der Waals surface area contributed by atoms with Gasteiger partial charge in [0.15, 0.2) is 5.60 Å². The van der Waals surface area contributed by atoms with Crippen molar-refractivity contribution in [3.05, 3.63) is 64.2 Å². The van der Waals surface area contributed by atoms with Crippen LogP contribution in [0.25, 0.3) is 0 Å². The Labute approximate surface area is 155 Å². The van der Waals surface area contributed by atoms with Gasteiger partial charge in [0, 0.05) is 23.7 Å². The number of alkyl halides is 3. The minimum Gasteiger partial charge on any atom is -0.508 e. The molecule has 2 rings (SSSR count). The summed E-state index contributed by atoms with van der Waals surface area (Å²) in [5.41, 5.74) is -2.03. The van der Waals surface area contributed by atoms with Crippen molar-refractivity contribution >= 4 is 11.6 Å². The third kappa shape index (κ3) is 4.50. The molecule has 2 aromatic rings. The SMILES string of the molecule is CC(C)c1cc(O)cc(CNCC(O)(c2ccccc2Cl)C(F)(F)F)c1. The van der Waals surface area contributed by atoms with Gasteiger partial charge >= 0.3 is 6.18 Å². The van der Waals surface area contributed by atoms with Crippen LogP contribution in [0.4, 0.5) is 13.2 Å². The first-order valence-corrected chi connectivity index (χ1v) is 8.50. The first-order chi connectivity index (χ1) is 12.0. The highest BCUT2D eigenvalue weighted by Crippen LogP contribution is 2.41. The van der Waals surface area contributed by atoms with Crippen LogP contribution in [-0.4, -0.2) is 22.9 Å². The van der Waals surface area contributed by atoms with Crippen molar-refractivity contribution in [3.8, 4) is 5.75 Å². The van der Waals surface area contributed by atoms with Gasteiger partial charge in [0.05, 0.1) is 0 Å². The summed E-state index contributed by atoms with van der Waals surface area (Å²) in [6.07, 6.45) is -4.91. The second-order valence-corrected chi connectivity index (χ2v) is 6.94. The van der Waals surface area contributed by atoms with Crippen molar-refractivity contribution in [1.82, 2.24) is 5.32 Å². The lowest BCUT2D eigenvalue weighted by Gasteiger charge is -2.32. The first-order valence-electron chi connectivity index (χ1n) is 8.12. The highest BCUT2D eigenvalue weighted by molar-refractivity contribution is 6.31. The van der Waals surface area contributed by atoms with Crippen LogP contribution in [0.1, 0.15) is 36.5 Å². The fourth-order valence-electron chi connectivity index (χ4n) is 2.67. The van der Waals surface area contributed by atoms with Gasteiger partial charge in [-0.2, -0.15) is 13.2 Å². The molecule has 0 aliphatic carbocycles. The van der Waals surface area contributed by atoms with Crippen LogP contribution in [0, 0.1) is 0 Å². The summed E-state index contributed by atoms with van der Waals surface area (Å²) < 4.78 is 40.6. The molecule has 0 radical (unpaired) electrons. The Morgan fingerprint density at radius 1 is 1.12 bits per heavy atom. The third-order valence-electron chi connectivity index (χ3n) is 4.16. The molecule has 0 bridgehead atoms. The molecule has 3 N–H and O–H groups in total. The van der Waals surface area contributed by atoms with Crippen molar-refractivity contribution in [1.29, 1.82) is 0 Å². The third-order valence-corrected chi connectivity index (χ3v) is 4.49. The molecule has 0 aliphatic heterocycles. The number of halogens is 4. The van der Waals surface area contributed by atoms with Crippen molar-refractivity contribution in [2.24, 2.45) is 0 Å². The predicted molar refractivity (Wildman–Crippen MR) is 95.3 cm³/mol. The number of aliphatic hydroxyl groups is 1. The van der Waals surface area contributed by atoms with Gasteiger partial charge in [0.25, 0.3) is 0 Å². The second kappa shape index (κ2) is 7.86. The molecule has 26 heavy (non-hydrogen) atoms. The maximum atomic E-state index is 13.5. The summed E-state index contributed by atoms with van der Waals surface area (Å²) in [4.78, 5) is 0. The zero-order valence-corrected chi connectivity index (χ0v) is 15.2. The van der Waals surface area contributed by atoms with Gasteiger partial charge < -0.3 is 15.5 Å². The molecule has 0 saturated heterocycles. The molecular formula is C19H21ClF3NO2. The van der Waals surface area contributed by atoms with Gasteiger partial charge in [-0.3, -0.25) is 0 Å². The molecular weight excluding hydrogens is 367 g/mol. The Bertz CT molecular complexity index is 765. The van der Waals surface area contributed by atoms with Gasteiger partial charge in [-0.25, -0.2) is 0 Å². The summed E-state index contributed by atoms with van der Waals surface area (Å²) in [5.74, 6) is 0.210. The molecule has 0 heterocycles. The van der Waals surface area contributed by atoms with Crippen LogP contribution in [0.5, 0.6) is 5.75 Å². The van der Waals surface area contributed by atoms with E-state index in [2.05, 4.69) is 5.32 Å². The molecule has 0 amide bonds. The highest BCUT2D eigenvalue weighted by atomic mass is 35.5. The van der Waals surface area contributed by atoms with E-state index in [0.29, 0.717) is 5.56 Å². The van der Waals surface area contributed by atoms with E-state index in [-0.39, 0.29) is 23.2 Å². The number of aromatic hydroxyl groups is 1. The monoisotopic (exact) mass is 387 g/mol. The van der Waals surface area contributed by atoms with Gasteiger partial charge in [0.1, 0.15) is 5.75 Å². The first kappa shape index (κ1) is 20.6. The Kier molecular flexibility index (Phi) is 6.21.